The number of nitrogens with two attached hydrogens (primary N) is 1. The Morgan fingerprint density at radius 3 is 2.84 bits per heavy atom. The van der Waals surface area contributed by atoms with Gasteiger partial charge in [-0.1, -0.05) is 13.8 Å². The number of piperidine rings is 1. The second kappa shape index (κ2) is 7.50. The molecule has 2 aromatic heterocycles. The number of rotatable bonds is 5. The summed E-state index contributed by atoms with van der Waals surface area (Å²) in [5.41, 5.74) is 7.34. The first-order chi connectivity index (χ1) is 12.0. The number of anilines is 2. The summed E-state index contributed by atoms with van der Waals surface area (Å²) < 4.78 is 0. The van der Waals surface area contributed by atoms with Crippen LogP contribution in [0, 0.1) is 5.92 Å². The van der Waals surface area contributed by atoms with Crippen LogP contribution in [0.5, 0.6) is 0 Å². The Bertz CT molecular complexity index is 719. The molecule has 0 aliphatic carbocycles. The van der Waals surface area contributed by atoms with Gasteiger partial charge in [-0.05, 0) is 24.8 Å². The van der Waals surface area contributed by atoms with Crippen molar-refractivity contribution in [3.8, 4) is 11.3 Å². The van der Waals surface area contributed by atoms with Crippen molar-refractivity contribution in [2.24, 2.45) is 5.92 Å². The van der Waals surface area contributed by atoms with E-state index in [0.29, 0.717) is 24.1 Å². The lowest BCUT2D eigenvalue weighted by atomic mass is 10.0. The molecule has 1 fully saturated rings. The van der Waals surface area contributed by atoms with E-state index in [2.05, 4.69) is 39.3 Å². The highest BCUT2D eigenvalue weighted by atomic mass is 16.2. The molecular weight excluding hydrogens is 318 g/mol. The van der Waals surface area contributed by atoms with Gasteiger partial charge < -0.3 is 16.0 Å². The fourth-order valence-electron chi connectivity index (χ4n) is 3.01. The highest BCUT2D eigenvalue weighted by Crippen LogP contribution is 2.22. The van der Waals surface area contributed by atoms with Gasteiger partial charge >= 0.3 is 0 Å². The third-order valence-corrected chi connectivity index (χ3v) is 4.36. The molecule has 0 atom stereocenters. The first-order valence-corrected chi connectivity index (χ1v) is 8.69. The van der Waals surface area contributed by atoms with Gasteiger partial charge in [-0.15, -0.1) is 0 Å². The minimum atomic E-state index is 0.252. The summed E-state index contributed by atoms with van der Waals surface area (Å²) in [5, 5.41) is 10.00. The summed E-state index contributed by atoms with van der Waals surface area (Å²) in [4.78, 5) is 22.9. The molecule has 25 heavy (non-hydrogen) atoms. The number of likely N-dealkylation sites (tertiary alicyclic amines) is 1. The number of carbonyl (C=O) groups is 1. The molecule has 3 heterocycles. The summed E-state index contributed by atoms with van der Waals surface area (Å²) in [7, 11) is 0. The summed E-state index contributed by atoms with van der Waals surface area (Å²) in [6.45, 7) is 5.70. The third-order valence-electron chi connectivity index (χ3n) is 4.36. The van der Waals surface area contributed by atoms with E-state index in [1.165, 1.54) is 0 Å². The van der Waals surface area contributed by atoms with E-state index in [1.807, 2.05) is 4.90 Å². The Balaban J connectivity index is 1.58. The van der Waals surface area contributed by atoms with E-state index in [1.54, 1.807) is 18.5 Å². The molecule has 0 saturated carbocycles. The zero-order valence-corrected chi connectivity index (χ0v) is 14.7. The molecule has 8 nitrogen and oxygen atoms in total. The minimum absolute atomic E-state index is 0.252. The van der Waals surface area contributed by atoms with Crippen molar-refractivity contribution in [1.29, 1.82) is 0 Å². The van der Waals surface area contributed by atoms with Crippen molar-refractivity contribution in [2.75, 3.05) is 24.1 Å². The van der Waals surface area contributed by atoms with Crippen LogP contribution in [-0.2, 0) is 4.79 Å². The van der Waals surface area contributed by atoms with Gasteiger partial charge in [0.1, 0.15) is 5.82 Å². The fourth-order valence-corrected chi connectivity index (χ4v) is 3.01. The molecule has 0 unspecified atom stereocenters. The largest absolute Gasteiger partial charge is 0.384 e. The number of H-pyrrole nitrogens is 1. The molecule has 1 aliphatic rings. The minimum Gasteiger partial charge on any atom is -0.384 e. The maximum Gasteiger partial charge on any atom is 0.223 e. The first kappa shape index (κ1) is 17.2. The number of carbonyl (C=O) groups excluding carboxylic acids is 1. The third kappa shape index (κ3) is 4.26. The van der Waals surface area contributed by atoms with E-state index >= 15 is 0 Å². The SMILES string of the molecule is CC(C)CC(=O)N1CCC(Nc2nccc(-c3cn[nH]c3N)n2)CC1. The molecule has 1 saturated heterocycles. The molecule has 8 heteroatoms. The van der Waals surface area contributed by atoms with Crippen LogP contribution in [0.3, 0.4) is 0 Å². The number of nitrogens with zero attached hydrogens (tertiary/aromatic N) is 4. The van der Waals surface area contributed by atoms with Crippen LogP contribution in [-0.4, -0.2) is 50.1 Å². The number of nitrogens with one attached hydrogen (secondary N) is 2. The predicted molar refractivity (Wildman–Crippen MR) is 96.7 cm³/mol. The standard InChI is InChI=1S/C17H25N7O/c1-11(2)9-15(25)24-7-4-12(5-8-24)21-17-19-6-3-14(22-17)13-10-20-23-16(13)18/h3,6,10-12H,4-5,7-9H2,1-2H3,(H3,18,20,23)(H,19,21,22). The lowest BCUT2D eigenvalue weighted by molar-refractivity contribution is -0.132. The molecule has 1 aliphatic heterocycles. The van der Waals surface area contributed by atoms with Gasteiger partial charge in [0.25, 0.3) is 0 Å². The molecule has 0 bridgehead atoms. The van der Waals surface area contributed by atoms with Crippen LogP contribution in [0.15, 0.2) is 18.5 Å². The van der Waals surface area contributed by atoms with Crippen molar-refractivity contribution in [3.05, 3.63) is 18.5 Å². The van der Waals surface area contributed by atoms with Gasteiger partial charge in [-0.25, -0.2) is 9.97 Å². The summed E-state index contributed by atoms with van der Waals surface area (Å²) in [5.74, 6) is 1.71. The van der Waals surface area contributed by atoms with Crippen LogP contribution in [0.1, 0.15) is 33.1 Å². The van der Waals surface area contributed by atoms with Gasteiger partial charge in [0.15, 0.2) is 0 Å². The molecule has 2 aromatic rings. The van der Waals surface area contributed by atoms with E-state index in [-0.39, 0.29) is 11.9 Å². The van der Waals surface area contributed by atoms with Crippen LogP contribution < -0.4 is 11.1 Å². The maximum absolute atomic E-state index is 12.1. The van der Waals surface area contributed by atoms with Gasteiger partial charge in [0.05, 0.1) is 17.5 Å². The fraction of sp³-hybridized carbons (Fsp3) is 0.529. The zero-order valence-electron chi connectivity index (χ0n) is 14.7. The van der Waals surface area contributed by atoms with Gasteiger partial charge in [-0.2, -0.15) is 5.10 Å². The molecule has 0 radical (unpaired) electrons. The molecular formula is C17H25N7O. The zero-order chi connectivity index (χ0) is 17.8. The van der Waals surface area contributed by atoms with E-state index < -0.39 is 0 Å². The van der Waals surface area contributed by atoms with Crippen molar-refractivity contribution in [1.82, 2.24) is 25.1 Å². The van der Waals surface area contributed by atoms with Crippen molar-refractivity contribution >= 4 is 17.7 Å². The molecule has 3 rings (SSSR count). The summed E-state index contributed by atoms with van der Waals surface area (Å²) in [6, 6.07) is 2.07. The second-order valence-electron chi connectivity index (χ2n) is 6.86. The van der Waals surface area contributed by atoms with Crippen LogP contribution >= 0.6 is 0 Å². The van der Waals surface area contributed by atoms with Gasteiger partial charge in [0.2, 0.25) is 11.9 Å². The summed E-state index contributed by atoms with van der Waals surface area (Å²) >= 11 is 0. The Kier molecular flexibility index (Phi) is 5.16. The van der Waals surface area contributed by atoms with Crippen LogP contribution in [0.2, 0.25) is 0 Å². The molecule has 4 N–H and O–H groups in total. The number of hydrogen-bond donors (Lipinski definition) is 3. The van der Waals surface area contributed by atoms with Crippen LogP contribution in [0.25, 0.3) is 11.3 Å². The normalized spacial score (nSPS) is 15.6. The second-order valence-corrected chi connectivity index (χ2v) is 6.86. The lowest BCUT2D eigenvalue weighted by Gasteiger charge is -2.32. The molecule has 0 aromatic carbocycles. The topological polar surface area (TPSA) is 113 Å². The molecule has 134 valence electrons. The number of aromatic nitrogens is 4. The Labute approximate surface area is 147 Å². The Hall–Kier alpha value is -2.64. The predicted octanol–water partition coefficient (Wildman–Crippen LogP) is 1.90. The van der Waals surface area contributed by atoms with E-state index in [4.69, 9.17) is 5.73 Å². The van der Waals surface area contributed by atoms with E-state index in [0.717, 1.165) is 37.2 Å². The van der Waals surface area contributed by atoms with Gasteiger partial charge in [-0.3, -0.25) is 9.89 Å². The Morgan fingerprint density at radius 2 is 2.20 bits per heavy atom. The number of hydrogen-bond acceptors (Lipinski definition) is 6. The average Bonchev–Trinajstić information content (AvgIpc) is 3.01. The maximum atomic E-state index is 12.1. The van der Waals surface area contributed by atoms with Crippen molar-refractivity contribution < 1.29 is 4.79 Å². The van der Waals surface area contributed by atoms with E-state index in [9.17, 15) is 4.79 Å². The number of amides is 1. The summed E-state index contributed by atoms with van der Waals surface area (Å²) in [6.07, 6.45) is 5.77. The quantitative estimate of drug-likeness (QED) is 0.764. The van der Waals surface area contributed by atoms with Crippen LogP contribution in [0.4, 0.5) is 11.8 Å². The monoisotopic (exact) mass is 343 g/mol. The van der Waals surface area contributed by atoms with Gasteiger partial charge in [0, 0.05) is 31.7 Å². The molecule has 1 amide bonds. The highest BCUT2D eigenvalue weighted by molar-refractivity contribution is 5.76. The number of nitrogen functional groups attached to an aromatic ring is 1. The highest BCUT2D eigenvalue weighted by Gasteiger charge is 2.23. The first-order valence-electron chi connectivity index (χ1n) is 8.69. The molecule has 0 spiro atoms. The number of aromatic amines is 1. The average molecular weight is 343 g/mol. The lowest BCUT2D eigenvalue weighted by Crippen LogP contribution is -2.42. The van der Waals surface area contributed by atoms with Crippen molar-refractivity contribution in [3.63, 3.8) is 0 Å². The Morgan fingerprint density at radius 1 is 1.44 bits per heavy atom. The smallest absolute Gasteiger partial charge is 0.223 e. The van der Waals surface area contributed by atoms with Crippen molar-refractivity contribution in [2.45, 2.75) is 39.2 Å².